The Kier molecular flexibility index (Phi) is 3.83. The van der Waals surface area contributed by atoms with E-state index in [0.29, 0.717) is 34.5 Å². The highest BCUT2D eigenvalue weighted by Crippen LogP contribution is 2.44. The number of phenolic OH excluding ortho intramolecular Hbond substituents is 1. The van der Waals surface area contributed by atoms with Crippen molar-refractivity contribution in [3.8, 4) is 39.5 Å². The van der Waals surface area contributed by atoms with Crippen LogP contribution >= 0.6 is 0 Å². The summed E-state index contributed by atoms with van der Waals surface area (Å²) in [7, 11) is 0. The first-order valence-corrected chi connectivity index (χ1v) is 14.2. The zero-order valence-corrected chi connectivity index (χ0v) is 25.7. The topological polar surface area (TPSA) is 50.9 Å². The van der Waals surface area contributed by atoms with Crippen LogP contribution < -0.4 is 0 Å². The molecule has 2 heterocycles. The number of aromatic nitrogens is 3. The van der Waals surface area contributed by atoms with Gasteiger partial charge in [0.05, 0.1) is 22.3 Å². The molecule has 44 heavy (non-hydrogen) atoms. The molecule has 0 aliphatic rings. The number of para-hydroxylation sites is 1. The van der Waals surface area contributed by atoms with E-state index >= 15 is 0 Å². The maximum atomic E-state index is 12.4. The van der Waals surface area contributed by atoms with Gasteiger partial charge in [-0.2, -0.15) is 0 Å². The Bertz CT molecular complexity index is 2420. The van der Waals surface area contributed by atoms with Gasteiger partial charge in [-0.05, 0) is 84.0 Å². The summed E-state index contributed by atoms with van der Waals surface area (Å²) >= 11 is 0. The van der Waals surface area contributed by atoms with E-state index < -0.39 is 79.9 Å². The SMILES string of the molecule is [2H]C([2H])([2H])C(c1cc(-c2nc3c(-c4cccc(-c5cc(C(C)(C)C)ccn5)c4)cccc3n2C(C)(C)C)c(O)c(C(C([2H])([2H])[2H])(C([2H])([2H])[2H])C([2H])([2H])[2H])c1)(C([2H])([2H])[2H])C([2H])([2H])[2H]. The third-order valence-electron chi connectivity index (χ3n) is 7.64. The van der Waals surface area contributed by atoms with Crippen LogP contribution in [0.2, 0.25) is 0 Å². The molecule has 0 saturated carbocycles. The zero-order chi connectivity index (χ0) is 47.4. The molecule has 5 aromatic rings. The number of pyridine rings is 1. The van der Waals surface area contributed by atoms with Crippen LogP contribution in [0.5, 0.6) is 5.75 Å². The van der Waals surface area contributed by atoms with E-state index in [0.717, 1.165) is 11.1 Å². The highest BCUT2D eigenvalue weighted by atomic mass is 16.3. The van der Waals surface area contributed by atoms with Crippen LogP contribution in [0.15, 0.2) is 72.9 Å². The molecule has 0 amide bonds. The summed E-state index contributed by atoms with van der Waals surface area (Å²) in [5, 5.41) is 12.4. The van der Waals surface area contributed by atoms with Crippen LogP contribution in [-0.2, 0) is 21.8 Å². The molecule has 0 saturated heterocycles. The molecule has 0 fully saturated rings. The van der Waals surface area contributed by atoms with Gasteiger partial charge in [0.2, 0.25) is 0 Å². The van der Waals surface area contributed by atoms with Gasteiger partial charge in [-0.15, -0.1) is 0 Å². The number of hydrogen-bond donors (Lipinski definition) is 1. The van der Waals surface area contributed by atoms with E-state index in [1.54, 1.807) is 45.2 Å². The lowest BCUT2D eigenvalue weighted by molar-refractivity contribution is 0.410. The first kappa shape index (κ1) is 15.9. The number of fused-ring (bicyclic) bond motifs is 1. The molecule has 2 aromatic heterocycles. The molecule has 0 unspecified atom stereocenters. The Hall–Kier alpha value is -3.92. The molecule has 230 valence electrons. The van der Waals surface area contributed by atoms with Crippen LogP contribution in [0, 0.1) is 0 Å². The quantitative estimate of drug-likeness (QED) is 0.223. The summed E-state index contributed by atoms with van der Waals surface area (Å²) in [6.07, 6.45) is 1.72. The Labute approximate surface area is 289 Å². The van der Waals surface area contributed by atoms with Gasteiger partial charge in [-0.25, -0.2) is 4.98 Å². The molecule has 0 radical (unpaired) electrons. The number of rotatable bonds is 3. The second kappa shape index (κ2) is 10.6. The fraction of sp³-hybridized carbons (Fsp3) is 0.400. The Morgan fingerprint density at radius 1 is 0.682 bits per heavy atom. The maximum Gasteiger partial charge on any atom is 0.145 e. The van der Waals surface area contributed by atoms with Crippen molar-refractivity contribution in [3.05, 3.63) is 89.6 Å². The maximum absolute atomic E-state index is 12.4. The molecule has 1 N–H and O–H groups in total. The van der Waals surface area contributed by atoms with E-state index in [2.05, 4.69) is 25.8 Å². The lowest BCUT2D eigenvalue weighted by Gasteiger charge is -2.29. The molecule has 3 aromatic carbocycles. The van der Waals surface area contributed by atoms with Gasteiger partial charge < -0.3 is 9.67 Å². The Balaban J connectivity index is 2.04. The summed E-state index contributed by atoms with van der Waals surface area (Å²) in [4.78, 5) is 9.49. The normalized spacial score (nSPS) is 20.9. The Morgan fingerprint density at radius 2 is 1.36 bits per heavy atom. The molecule has 4 heteroatoms. The van der Waals surface area contributed by atoms with E-state index in [-0.39, 0.29) is 16.8 Å². The largest absolute Gasteiger partial charge is 0.507 e. The number of nitrogens with zero attached hydrogens (tertiary/aromatic N) is 3. The van der Waals surface area contributed by atoms with Crippen LogP contribution in [0.25, 0.3) is 44.8 Å². The molecule has 0 atom stereocenters. The van der Waals surface area contributed by atoms with E-state index in [1.807, 2.05) is 36.4 Å². The summed E-state index contributed by atoms with van der Waals surface area (Å²) in [6.45, 7) is -12.7. The summed E-state index contributed by atoms with van der Waals surface area (Å²) in [5.74, 6) is -1.62. The summed E-state index contributed by atoms with van der Waals surface area (Å²) < 4.78 is 154. The predicted octanol–water partition coefficient (Wildman–Crippen LogP) is 10.8. The van der Waals surface area contributed by atoms with Gasteiger partial charge in [-0.3, -0.25) is 4.98 Å². The summed E-state index contributed by atoms with van der Waals surface area (Å²) in [6, 6.07) is 17.4. The minimum Gasteiger partial charge on any atom is -0.507 e. The zero-order valence-electron chi connectivity index (χ0n) is 43.7. The van der Waals surface area contributed by atoms with Crippen molar-refractivity contribution in [3.63, 3.8) is 0 Å². The number of hydrogen-bond acceptors (Lipinski definition) is 3. The number of benzene rings is 3. The highest BCUT2D eigenvalue weighted by Gasteiger charge is 2.30. The van der Waals surface area contributed by atoms with Crippen LogP contribution in [0.3, 0.4) is 0 Å². The standard InChI is InChI=1S/C40H49N3O/c1-37(2,3)27-19-20-41-32(24-27)26-16-13-15-25(21-26)29-17-14-18-33-34(29)42-36(43(33)40(10,11)12)30-22-28(38(4,5)6)23-31(35(30)44)39(7,8)9/h13-24,44H,1-12H3/i4D3,5D3,6D3,7D3,8D3,9D3. The number of phenols is 1. The fourth-order valence-corrected chi connectivity index (χ4v) is 5.40. The lowest BCUT2D eigenvalue weighted by atomic mass is 9.78. The average Bonchev–Trinajstić information content (AvgIpc) is 3.46. The molecule has 0 spiro atoms. The van der Waals surface area contributed by atoms with Crippen molar-refractivity contribution in [2.45, 2.75) is 104 Å². The third kappa shape index (κ3) is 5.92. The van der Waals surface area contributed by atoms with Crippen molar-refractivity contribution >= 4 is 11.0 Å². The summed E-state index contributed by atoms with van der Waals surface area (Å²) in [5.41, 5.74) is -8.25. The second-order valence-corrected chi connectivity index (χ2v) is 13.3. The molecule has 0 aliphatic heterocycles. The average molecular weight is 606 g/mol. The first-order valence-electron chi connectivity index (χ1n) is 23.2. The number of aromatic hydroxyl groups is 1. The monoisotopic (exact) mass is 606 g/mol. The molecule has 4 nitrogen and oxygen atoms in total. The van der Waals surface area contributed by atoms with Gasteiger partial charge in [-0.1, -0.05) is 98.3 Å². The van der Waals surface area contributed by atoms with Gasteiger partial charge in [0, 0.05) is 53.1 Å². The second-order valence-electron chi connectivity index (χ2n) is 13.3. The molecular weight excluding hydrogens is 538 g/mol. The molecule has 0 bridgehead atoms. The van der Waals surface area contributed by atoms with Crippen LogP contribution in [-0.4, -0.2) is 19.6 Å². The highest BCUT2D eigenvalue weighted by molar-refractivity contribution is 5.95. The lowest BCUT2D eigenvalue weighted by Crippen LogP contribution is -2.23. The minimum atomic E-state index is -4.05. The smallest absolute Gasteiger partial charge is 0.145 e. The van der Waals surface area contributed by atoms with E-state index in [9.17, 15) is 5.11 Å². The van der Waals surface area contributed by atoms with Crippen molar-refractivity contribution in [2.24, 2.45) is 0 Å². The minimum absolute atomic E-state index is 0.175. The van der Waals surface area contributed by atoms with Crippen LogP contribution in [0.4, 0.5) is 0 Å². The van der Waals surface area contributed by atoms with Gasteiger partial charge in [0.25, 0.3) is 0 Å². The number of imidazole rings is 1. The van der Waals surface area contributed by atoms with E-state index in [4.69, 9.17) is 29.7 Å². The van der Waals surface area contributed by atoms with Crippen molar-refractivity contribution in [2.75, 3.05) is 0 Å². The van der Waals surface area contributed by atoms with E-state index in [1.165, 1.54) is 4.57 Å². The van der Waals surface area contributed by atoms with Crippen LogP contribution in [0.1, 0.15) is 124 Å². The van der Waals surface area contributed by atoms with Crippen molar-refractivity contribution in [1.29, 1.82) is 0 Å². The van der Waals surface area contributed by atoms with Crippen molar-refractivity contribution < 1.29 is 29.8 Å². The molecule has 5 rings (SSSR count). The molecule has 0 aliphatic carbocycles. The van der Waals surface area contributed by atoms with Gasteiger partial charge >= 0.3 is 0 Å². The van der Waals surface area contributed by atoms with Gasteiger partial charge in [0.1, 0.15) is 11.6 Å². The molecular formula is C40H49N3O. The van der Waals surface area contributed by atoms with Crippen molar-refractivity contribution in [1.82, 2.24) is 14.5 Å². The Morgan fingerprint density at radius 3 is 2.02 bits per heavy atom. The predicted molar refractivity (Wildman–Crippen MR) is 187 cm³/mol. The van der Waals surface area contributed by atoms with Gasteiger partial charge in [0.15, 0.2) is 0 Å². The third-order valence-corrected chi connectivity index (χ3v) is 7.64. The first-order chi connectivity index (χ1) is 27.8. The fourth-order valence-electron chi connectivity index (χ4n) is 5.40.